The van der Waals surface area contributed by atoms with Crippen molar-refractivity contribution in [2.75, 3.05) is 13.7 Å². The highest BCUT2D eigenvalue weighted by Crippen LogP contribution is 2.25. The van der Waals surface area contributed by atoms with Gasteiger partial charge in [0.1, 0.15) is 11.6 Å². The topological polar surface area (TPSA) is 59.6 Å². The van der Waals surface area contributed by atoms with Crippen molar-refractivity contribution in [1.29, 1.82) is 0 Å². The number of hydrogen-bond donors (Lipinski definition) is 2. The molecule has 0 saturated heterocycles. The van der Waals surface area contributed by atoms with Crippen molar-refractivity contribution in [3.8, 4) is 5.75 Å². The smallest absolute Gasteiger partial charge is 0.188 e. The molecule has 4 nitrogen and oxygen atoms in total. The zero-order valence-corrected chi connectivity index (χ0v) is 13.9. The van der Waals surface area contributed by atoms with Crippen LogP contribution >= 0.6 is 24.0 Å². The fourth-order valence-electron chi connectivity index (χ4n) is 2.01. The number of nitrogens with one attached hydrogen (secondary N) is 1. The highest BCUT2D eigenvalue weighted by Gasteiger charge is 2.16. The van der Waals surface area contributed by atoms with Crippen molar-refractivity contribution >= 4 is 29.9 Å². The van der Waals surface area contributed by atoms with Gasteiger partial charge in [-0.2, -0.15) is 0 Å². The minimum atomic E-state index is -0.328. The lowest BCUT2D eigenvalue weighted by Crippen LogP contribution is -2.37. The molecule has 0 spiro atoms. The first-order valence-corrected chi connectivity index (χ1v) is 6.54. The minimum absolute atomic E-state index is 0. The molecular formula is C14H21FIN3O. The second kappa shape index (κ2) is 8.28. The van der Waals surface area contributed by atoms with E-state index in [1.807, 2.05) is 0 Å². The molecule has 0 amide bonds. The van der Waals surface area contributed by atoms with Gasteiger partial charge in [-0.3, -0.25) is 0 Å². The van der Waals surface area contributed by atoms with E-state index in [2.05, 4.69) is 10.3 Å². The Bertz CT molecular complexity index is 464. The Morgan fingerprint density at radius 2 is 2.20 bits per heavy atom. The predicted molar refractivity (Wildman–Crippen MR) is 89.0 cm³/mol. The largest absolute Gasteiger partial charge is 0.497 e. The first kappa shape index (κ1) is 17.0. The molecule has 112 valence electrons. The molecule has 0 unspecified atom stereocenters. The standard InChI is InChI=1S/C14H20FN3O.HI/c1-19-13-6-11(5-12(15)7-13)9-18-14(16)17-8-10-3-2-4-10;/h5-7,10H,2-4,8-9H2,1H3,(H3,16,17,18);1H. The molecule has 20 heavy (non-hydrogen) atoms. The van der Waals surface area contributed by atoms with Gasteiger partial charge < -0.3 is 15.8 Å². The summed E-state index contributed by atoms with van der Waals surface area (Å²) >= 11 is 0. The molecule has 6 heteroatoms. The van der Waals surface area contributed by atoms with Gasteiger partial charge in [0.2, 0.25) is 0 Å². The number of ether oxygens (including phenoxy) is 1. The maximum absolute atomic E-state index is 13.3. The molecule has 1 saturated carbocycles. The monoisotopic (exact) mass is 393 g/mol. The lowest BCUT2D eigenvalue weighted by Gasteiger charge is -2.25. The molecule has 0 aromatic heterocycles. The fourth-order valence-corrected chi connectivity index (χ4v) is 2.01. The van der Waals surface area contributed by atoms with Gasteiger partial charge in [0, 0.05) is 12.6 Å². The molecule has 1 aliphatic rings. The molecule has 1 aromatic rings. The summed E-state index contributed by atoms with van der Waals surface area (Å²) in [4.78, 5) is 4.20. The average molecular weight is 393 g/mol. The van der Waals surface area contributed by atoms with E-state index in [0.29, 0.717) is 18.3 Å². The number of nitrogens with zero attached hydrogens (tertiary/aromatic N) is 1. The second-order valence-corrected chi connectivity index (χ2v) is 4.88. The number of rotatable bonds is 5. The number of hydrogen-bond acceptors (Lipinski definition) is 2. The van der Waals surface area contributed by atoms with Gasteiger partial charge in [-0.25, -0.2) is 9.38 Å². The SMILES string of the molecule is COc1cc(F)cc(CN=C(N)NCC2CCC2)c1.I. The van der Waals surface area contributed by atoms with E-state index < -0.39 is 0 Å². The third-order valence-corrected chi connectivity index (χ3v) is 3.40. The minimum Gasteiger partial charge on any atom is -0.497 e. The number of halogens is 2. The van der Waals surface area contributed by atoms with Crippen molar-refractivity contribution in [3.63, 3.8) is 0 Å². The zero-order valence-electron chi connectivity index (χ0n) is 11.6. The summed E-state index contributed by atoms with van der Waals surface area (Å²) in [6.45, 7) is 1.22. The second-order valence-electron chi connectivity index (χ2n) is 4.88. The first-order valence-electron chi connectivity index (χ1n) is 6.54. The van der Waals surface area contributed by atoms with E-state index in [4.69, 9.17) is 10.5 Å². The van der Waals surface area contributed by atoms with Crippen molar-refractivity contribution in [2.24, 2.45) is 16.6 Å². The fraction of sp³-hybridized carbons (Fsp3) is 0.500. The highest BCUT2D eigenvalue weighted by atomic mass is 127. The van der Waals surface area contributed by atoms with Crippen molar-refractivity contribution in [1.82, 2.24) is 5.32 Å². The maximum Gasteiger partial charge on any atom is 0.188 e. The van der Waals surface area contributed by atoms with E-state index in [1.54, 1.807) is 6.07 Å². The van der Waals surface area contributed by atoms with Crippen LogP contribution < -0.4 is 15.8 Å². The first-order chi connectivity index (χ1) is 9.17. The van der Waals surface area contributed by atoms with Gasteiger partial charge >= 0.3 is 0 Å². The van der Waals surface area contributed by atoms with E-state index in [0.717, 1.165) is 18.0 Å². The van der Waals surface area contributed by atoms with Crippen molar-refractivity contribution in [3.05, 3.63) is 29.6 Å². The number of nitrogens with two attached hydrogens (primary N) is 1. The maximum atomic E-state index is 13.3. The Morgan fingerprint density at radius 3 is 2.80 bits per heavy atom. The molecule has 0 radical (unpaired) electrons. The summed E-state index contributed by atoms with van der Waals surface area (Å²) < 4.78 is 18.3. The molecule has 0 heterocycles. The molecule has 3 N–H and O–H groups in total. The molecule has 2 rings (SSSR count). The average Bonchev–Trinajstić information content (AvgIpc) is 2.34. The molecule has 1 aromatic carbocycles. The number of methoxy groups -OCH3 is 1. The summed E-state index contributed by atoms with van der Waals surface area (Å²) in [5.41, 5.74) is 6.51. The van der Waals surface area contributed by atoms with E-state index in [1.165, 1.54) is 38.5 Å². The van der Waals surface area contributed by atoms with Crippen LogP contribution in [0.1, 0.15) is 24.8 Å². The van der Waals surface area contributed by atoms with Crippen LogP contribution in [0.5, 0.6) is 5.75 Å². The van der Waals surface area contributed by atoms with Gasteiger partial charge in [-0.1, -0.05) is 6.42 Å². The Kier molecular flexibility index (Phi) is 7.04. The quantitative estimate of drug-likeness (QED) is 0.460. The lowest BCUT2D eigenvalue weighted by atomic mass is 9.85. The van der Waals surface area contributed by atoms with Gasteiger partial charge in [0.15, 0.2) is 5.96 Å². The van der Waals surface area contributed by atoms with Crippen LogP contribution in [0.3, 0.4) is 0 Å². The summed E-state index contributed by atoms with van der Waals surface area (Å²) in [7, 11) is 1.51. The van der Waals surface area contributed by atoms with Gasteiger partial charge in [0.25, 0.3) is 0 Å². The Morgan fingerprint density at radius 1 is 1.45 bits per heavy atom. The molecule has 1 fully saturated rings. The molecule has 0 bridgehead atoms. The van der Waals surface area contributed by atoms with Crippen LogP contribution in [-0.4, -0.2) is 19.6 Å². The number of benzene rings is 1. The normalized spacial score (nSPS) is 15.2. The number of aliphatic imine (C=N–C) groups is 1. The number of guanidine groups is 1. The Hall–Kier alpha value is -1.05. The van der Waals surface area contributed by atoms with Crippen LogP contribution in [-0.2, 0) is 6.54 Å². The summed E-state index contributed by atoms with van der Waals surface area (Å²) in [6, 6.07) is 4.53. The molecule has 0 aliphatic heterocycles. The van der Waals surface area contributed by atoms with Crippen LogP contribution in [0.4, 0.5) is 4.39 Å². The Labute approximate surface area is 136 Å². The third kappa shape index (κ3) is 5.15. The van der Waals surface area contributed by atoms with E-state index in [-0.39, 0.29) is 29.8 Å². The van der Waals surface area contributed by atoms with Crippen LogP contribution in [0.15, 0.2) is 23.2 Å². The summed E-state index contributed by atoms with van der Waals surface area (Å²) in [5, 5.41) is 3.10. The van der Waals surface area contributed by atoms with Crippen molar-refractivity contribution < 1.29 is 9.13 Å². The van der Waals surface area contributed by atoms with Crippen LogP contribution in [0.25, 0.3) is 0 Å². The predicted octanol–water partition coefficient (Wildman–Crippen LogP) is 2.66. The summed E-state index contributed by atoms with van der Waals surface area (Å²) in [5.74, 6) is 1.30. The zero-order chi connectivity index (χ0) is 13.7. The van der Waals surface area contributed by atoms with E-state index in [9.17, 15) is 4.39 Å². The molecule has 1 aliphatic carbocycles. The lowest BCUT2D eigenvalue weighted by molar-refractivity contribution is 0.315. The van der Waals surface area contributed by atoms with Gasteiger partial charge in [0.05, 0.1) is 13.7 Å². The molecular weight excluding hydrogens is 372 g/mol. The Balaban J connectivity index is 0.00000200. The van der Waals surface area contributed by atoms with Crippen LogP contribution in [0.2, 0.25) is 0 Å². The van der Waals surface area contributed by atoms with E-state index >= 15 is 0 Å². The van der Waals surface area contributed by atoms with Crippen LogP contribution in [0, 0.1) is 11.7 Å². The van der Waals surface area contributed by atoms with Gasteiger partial charge in [-0.05, 0) is 36.5 Å². The molecule has 0 atom stereocenters. The van der Waals surface area contributed by atoms with Crippen molar-refractivity contribution in [2.45, 2.75) is 25.8 Å². The third-order valence-electron chi connectivity index (χ3n) is 3.40. The summed E-state index contributed by atoms with van der Waals surface area (Å²) in [6.07, 6.45) is 3.84. The van der Waals surface area contributed by atoms with Gasteiger partial charge in [-0.15, -0.1) is 24.0 Å². The highest BCUT2D eigenvalue weighted by molar-refractivity contribution is 14.0.